The second kappa shape index (κ2) is 8.81. The number of carbonyl (C=O) groups excluding carboxylic acids is 3. The van der Waals surface area contributed by atoms with E-state index in [4.69, 9.17) is 34.3 Å². The van der Waals surface area contributed by atoms with Crippen LogP contribution in [0.4, 0.5) is 5.69 Å². The van der Waals surface area contributed by atoms with Crippen LogP contribution in [0, 0.1) is 17.2 Å². The molecule has 0 aromatic heterocycles. The molecule has 1 saturated carbocycles. The molecule has 8 nitrogen and oxygen atoms in total. The first-order valence-electron chi connectivity index (χ1n) is 9.76. The Hall–Kier alpha value is -2.32. The van der Waals surface area contributed by atoms with Crippen molar-refractivity contribution < 1.29 is 14.4 Å². The fraction of sp³-hybridized carbons (Fsp3) is 0.500. The van der Waals surface area contributed by atoms with Gasteiger partial charge in [0.2, 0.25) is 11.8 Å². The average molecular weight is 454 g/mol. The van der Waals surface area contributed by atoms with Gasteiger partial charge in [0.05, 0.1) is 6.54 Å². The third-order valence-electron chi connectivity index (χ3n) is 5.48. The smallest absolute Gasteiger partial charge is 0.267 e. The van der Waals surface area contributed by atoms with Crippen molar-refractivity contribution in [3.05, 3.63) is 29.8 Å². The minimum atomic E-state index is -0.853. The predicted octanol–water partition coefficient (Wildman–Crippen LogP) is 1.50. The molecule has 30 heavy (non-hydrogen) atoms. The van der Waals surface area contributed by atoms with E-state index in [1.54, 1.807) is 29.2 Å². The number of carbonyl (C=O) groups is 3. The number of hydrogen-bond acceptors (Lipinski definition) is 5. The third-order valence-corrected chi connectivity index (χ3v) is 6.41. The van der Waals surface area contributed by atoms with Crippen molar-refractivity contribution in [1.29, 1.82) is 5.41 Å². The standard InChI is InChI=1S/C20H25Cl2N5O3/c1-11-6-15(19(30)26-8-12-7-20(12,21)22)27(10-11)16(28)9-25-14-5-3-2-4-13(14)17(23)18(24)29/h2-5,11-12,15,23,25H,6-10H2,1H3,(H2,24,29)(H,26,30)/t11-,12+,15-/m0/s1. The Balaban J connectivity index is 1.61. The SMILES string of the molecule is C[C@H]1C[C@@H](C(=O)NC[C@H]2CC2(Cl)Cl)N(C(=O)CNc2ccccc2C(=N)C(N)=O)C1. The maximum absolute atomic E-state index is 12.8. The van der Waals surface area contributed by atoms with E-state index in [1.165, 1.54) is 0 Å². The van der Waals surface area contributed by atoms with Crippen LogP contribution in [-0.2, 0) is 14.4 Å². The number of likely N-dealkylation sites (tertiary alicyclic amines) is 1. The number of benzene rings is 1. The van der Waals surface area contributed by atoms with Crippen molar-refractivity contribution >= 4 is 52.3 Å². The molecule has 1 saturated heterocycles. The number of amides is 3. The van der Waals surface area contributed by atoms with Gasteiger partial charge >= 0.3 is 0 Å². The molecule has 0 unspecified atom stereocenters. The first kappa shape index (κ1) is 22.4. The average Bonchev–Trinajstić information content (AvgIpc) is 3.12. The molecule has 3 atom stereocenters. The molecule has 1 heterocycles. The van der Waals surface area contributed by atoms with Crippen molar-refractivity contribution in [1.82, 2.24) is 10.2 Å². The van der Waals surface area contributed by atoms with Crippen molar-refractivity contribution in [3.63, 3.8) is 0 Å². The number of nitrogens with zero attached hydrogens (tertiary/aromatic N) is 1. The van der Waals surface area contributed by atoms with Crippen LogP contribution in [0.15, 0.2) is 24.3 Å². The maximum Gasteiger partial charge on any atom is 0.267 e. The summed E-state index contributed by atoms with van der Waals surface area (Å²) < 4.78 is -0.762. The van der Waals surface area contributed by atoms with Crippen molar-refractivity contribution in [2.24, 2.45) is 17.6 Å². The van der Waals surface area contributed by atoms with E-state index >= 15 is 0 Å². The monoisotopic (exact) mass is 453 g/mol. The van der Waals surface area contributed by atoms with Gasteiger partial charge in [-0.05, 0) is 24.8 Å². The van der Waals surface area contributed by atoms with Crippen LogP contribution in [0.2, 0.25) is 0 Å². The zero-order valence-electron chi connectivity index (χ0n) is 16.6. The van der Waals surface area contributed by atoms with E-state index < -0.39 is 16.3 Å². The first-order valence-corrected chi connectivity index (χ1v) is 10.5. The number of anilines is 1. The second-order valence-corrected chi connectivity index (χ2v) is 9.49. The highest BCUT2D eigenvalue weighted by molar-refractivity contribution is 6.50. The Morgan fingerprint density at radius 1 is 1.30 bits per heavy atom. The van der Waals surface area contributed by atoms with Gasteiger partial charge in [-0.1, -0.05) is 25.1 Å². The normalized spacial score (nSPS) is 24.2. The number of nitrogens with two attached hydrogens (primary N) is 1. The van der Waals surface area contributed by atoms with Gasteiger partial charge in [0.25, 0.3) is 5.91 Å². The molecule has 1 aromatic carbocycles. The lowest BCUT2D eigenvalue weighted by molar-refractivity contribution is -0.137. The molecule has 162 valence electrons. The Morgan fingerprint density at radius 3 is 2.60 bits per heavy atom. The molecule has 1 aliphatic heterocycles. The Morgan fingerprint density at radius 2 is 1.97 bits per heavy atom. The summed E-state index contributed by atoms with van der Waals surface area (Å²) in [6.45, 7) is 2.79. The number of para-hydroxylation sites is 1. The van der Waals surface area contributed by atoms with Gasteiger partial charge in [0.1, 0.15) is 16.1 Å². The quantitative estimate of drug-likeness (QED) is 0.351. The molecule has 1 aromatic rings. The van der Waals surface area contributed by atoms with Crippen LogP contribution < -0.4 is 16.4 Å². The Bertz CT molecular complexity index is 876. The summed E-state index contributed by atoms with van der Waals surface area (Å²) in [5.74, 6) is -1.07. The molecule has 0 spiro atoms. The fourth-order valence-electron chi connectivity index (χ4n) is 3.66. The minimum absolute atomic E-state index is 0.0338. The molecule has 2 fully saturated rings. The maximum atomic E-state index is 12.8. The van der Waals surface area contributed by atoms with Gasteiger partial charge in [-0.2, -0.15) is 0 Å². The zero-order chi connectivity index (χ0) is 22.1. The van der Waals surface area contributed by atoms with Crippen LogP contribution in [0.5, 0.6) is 0 Å². The van der Waals surface area contributed by atoms with E-state index in [9.17, 15) is 14.4 Å². The molecule has 0 radical (unpaired) electrons. The van der Waals surface area contributed by atoms with Crippen LogP contribution in [0.1, 0.15) is 25.3 Å². The lowest BCUT2D eigenvalue weighted by atomic mass is 10.1. The van der Waals surface area contributed by atoms with Gasteiger partial charge in [0.15, 0.2) is 0 Å². The van der Waals surface area contributed by atoms with Crippen molar-refractivity contribution in [2.45, 2.75) is 30.1 Å². The number of hydrogen-bond donors (Lipinski definition) is 4. The fourth-order valence-corrected chi connectivity index (χ4v) is 4.19. The summed E-state index contributed by atoms with van der Waals surface area (Å²) in [7, 11) is 0. The summed E-state index contributed by atoms with van der Waals surface area (Å²) in [4.78, 5) is 38.4. The Labute approximate surface area is 185 Å². The summed E-state index contributed by atoms with van der Waals surface area (Å²) >= 11 is 12.0. The molecular formula is C20H25Cl2N5O3. The van der Waals surface area contributed by atoms with Gasteiger partial charge < -0.3 is 21.3 Å². The number of halogens is 2. The molecular weight excluding hydrogens is 429 g/mol. The van der Waals surface area contributed by atoms with Gasteiger partial charge in [-0.3, -0.25) is 19.8 Å². The Kier molecular flexibility index (Phi) is 6.57. The largest absolute Gasteiger partial charge is 0.376 e. The highest BCUT2D eigenvalue weighted by atomic mass is 35.5. The molecule has 2 aliphatic rings. The van der Waals surface area contributed by atoms with Gasteiger partial charge in [-0.15, -0.1) is 23.2 Å². The van der Waals surface area contributed by atoms with E-state index in [1.807, 2.05) is 6.92 Å². The van der Waals surface area contributed by atoms with Crippen LogP contribution in [-0.4, -0.2) is 58.3 Å². The van der Waals surface area contributed by atoms with Gasteiger partial charge in [-0.25, -0.2) is 0 Å². The van der Waals surface area contributed by atoms with Crippen LogP contribution in [0.3, 0.4) is 0 Å². The third kappa shape index (κ3) is 5.05. The van der Waals surface area contributed by atoms with Crippen LogP contribution in [0.25, 0.3) is 0 Å². The van der Waals surface area contributed by atoms with Crippen molar-refractivity contribution in [2.75, 3.05) is 25.0 Å². The lowest BCUT2D eigenvalue weighted by Crippen LogP contribution is -2.48. The molecule has 10 heteroatoms. The molecule has 3 amide bonds. The predicted molar refractivity (Wildman–Crippen MR) is 116 cm³/mol. The number of alkyl halides is 2. The molecule has 0 bridgehead atoms. The summed E-state index contributed by atoms with van der Waals surface area (Å²) in [5.41, 5.74) is 5.63. The number of primary amides is 1. The molecule has 1 aliphatic carbocycles. The van der Waals surface area contributed by atoms with E-state index in [0.717, 1.165) is 0 Å². The molecule has 3 rings (SSSR count). The zero-order valence-corrected chi connectivity index (χ0v) is 18.1. The molecule has 5 N–H and O–H groups in total. The second-order valence-electron chi connectivity index (χ2n) is 7.95. The number of rotatable bonds is 8. The van der Waals surface area contributed by atoms with Crippen molar-refractivity contribution in [3.8, 4) is 0 Å². The van der Waals surface area contributed by atoms with Crippen LogP contribution >= 0.6 is 23.2 Å². The minimum Gasteiger partial charge on any atom is -0.376 e. The highest BCUT2D eigenvalue weighted by Crippen LogP contribution is 2.52. The summed E-state index contributed by atoms with van der Waals surface area (Å²) in [5, 5.41) is 13.6. The first-order chi connectivity index (χ1) is 14.1. The van der Waals surface area contributed by atoms with E-state index in [0.29, 0.717) is 37.2 Å². The van der Waals surface area contributed by atoms with Gasteiger partial charge in [0, 0.05) is 30.3 Å². The lowest BCUT2D eigenvalue weighted by Gasteiger charge is -2.24. The topological polar surface area (TPSA) is 128 Å². The summed E-state index contributed by atoms with van der Waals surface area (Å²) in [6, 6.07) is 6.10. The number of nitrogens with one attached hydrogen (secondary N) is 3. The highest BCUT2D eigenvalue weighted by Gasteiger charge is 2.51. The van der Waals surface area contributed by atoms with E-state index in [-0.39, 0.29) is 35.9 Å². The summed E-state index contributed by atoms with van der Waals surface area (Å²) in [6.07, 6.45) is 1.22. The van der Waals surface area contributed by atoms with E-state index in [2.05, 4.69) is 10.6 Å².